The van der Waals surface area contributed by atoms with Crippen molar-refractivity contribution in [1.29, 1.82) is 0 Å². The highest BCUT2D eigenvalue weighted by atomic mass is 32.2. The minimum Gasteiger partial charge on any atom is -0.395 e. The summed E-state index contributed by atoms with van der Waals surface area (Å²) in [5.74, 6) is 1.15. The zero-order valence-electron chi connectivity index (χ0n) is 10.6. The van der Waals surface area contributed by atoms with Gasteiger partial charge in [-0.15, -0.1) is 0 Å². The van der Waals surface area contributed by atoms with E-state index >= 15 is 0 Å². The number of hydrogen-bond acceptors (Lipinski definition) is 4. The van der Waals surface area contributed by atoms with Crippen molar-refractivity contribution in [2.24, 2.45) is 0 Å². The summed E-state index contributed by atoms with van der Waals surface area (Å²) in [7, 11) is 0. The van der Waals surface area contributed by atoms with Gasteiger partial charge in [-0.25, -0.2) is 0 Å². The minimum absolute atomic E-state index is 0.186. The highest BCUT2D eigenvalue weighted by molar-refractivity contribution is 7.99. The quantitative estimate of drug-likeness (QED) is 0.785. The van der Waals surface area contributed by atoms with E-state index in [1.807, 2.05) is 0 Å². The second-order valence-corrected chi connectivity index (χ2v) is 6.76. The number of aliphatic hydroxyl groups excluding tert-OH is 2. The SMILES string of the molecule is OC[C@@H]1C[C@@H](O)CN1CCSC1CCCCC1. The Bertz CT molecular complexity index is 221. The number of rotatable bonds is 5. The molecule has 1 saturated heterocycles. The van der Waals surface area contributed by atoms with E-state index in [2.05, 4.69) is 16.7 Å². The molecule has 1 saturated carbocycles. The van der Waals surface area contributed by atoms with Crippen LogP contribution in [0.15, 0.2) is 0 Å². The van der Waals surface area contributed by atoms with E-state index in [9.17, 15) is 10.2 Å². The molecule has 0 bridgehead atoms. The topological polar surface area (TPSA) is 43.7 Å². The van der Waals surface area contributed by atoms with Gasteiger partial charge in [0.15, 0.2) is 0 Å². The molecule has 3 nitrogen and oxygen atoms in total. The highest BCUT2D eigenvalue weighted by Gasteiger charge is 2.29. The molecule has 2 N–H and O–H groups in total. The fourth-order valence-electron chi connectivity index (χ4n) is 2.99. The Morgan fingerprint density at radius 3 is 2.65 bits per heavy atom. The lowest BCUT2D eigenvalue weighted by Crippen LogP contribution is -2.34. The third-order valence-corrected chi connectivity index (χ3v) is 5.36. The van der Waals surface area contributed by atoms with Crippen LogP contribution in [0.1, 0.15) is 38.5 Å². The van der Waals surface area contributed by atoms with Gasteiger partial charge >= 0.3 is 0 Å². The Morgan fingerprint density at radius 1 is 1.18 bits per heavy atom. The van der Waals surface area contributed by atoms with Gasteiger partial charge in [0.25, 0.3) is 0 Å². The van der Waals surface area contributed by atoms with Crippen molar-refractivity contribution in [3.05, 3.63) is 0 Å². The Labute approximate surface area is 109 Å². The lowest BCUT2D eigenvalue weighted by molar-refractivity contribution is 0.162. The molecule has 100 valence electrons. The Kier molecular flexibility index (Phi) is 5.60. The van der Waals surface area contributed by atoms with Gasteiger partial charge in [-0.3, -0.25) is 4.90 Å². The standard InChI is InChI=1S/C13H25NO2S/c15-10-11-8-12(16)9-14(11)6-7-17-13-4-2-1-3-5-13/h11-13,15-16H,1-10H2/t11-,12+/m0/s1. The lowest BCUT2D eigenvalue weighted by atomic mass is 10.0. The second kappa shape index (κ2) is 6.98. The molecule has 0 unspecified atom stereocenters. The first kappa shape index (κ1) is 13.7. The van der Waals surface area contributed by atoms with Crippen LogP contribution in [-0.2, 0) is 0 Å². The molecule has 2 rings (SSSR count). The molecular weight excluding hydrogens is 234 g/mol. The van der Waals surface area contributed by atoms with Crippen LogP contribution in [0, 0.1) is 0 Å². The van der Waals surface area contributed by atoms with E-state index in [-0.39, 0.29) is 18.8 Å². The molecule has 1 aliphatic carbocycles. The summed E-state index contributed by atoms with van der Waals surface area (Å²) in [5, 5.41) is 19.7. The first-order valence-corrected chi connectivity index (χ1v) is 7.99. The highest BCUT2D eigenvalue weighted by Crippen LogP contribution is 2.28. The molecule has 0 aromatic heterocycles. The Hall–Kier alpha value is 0.230. The van der Waals surface area contributed by atoms with Crippen molar-refractivity contribution in [1.82, 2.24) is 4.90 Å². The van der Waals surface area contributed by atoms with Crippen molar-refractivity contribution in [3.63, 3.8) is 0 Å². The molecule has 0 spiro atoms. The minimum atomic E-state index is -0.230. The maximum Gasteiger partial charge on any atom is 0.0683 e. The van der Waals surface area contributed by atoms with Crippen LogP contribution in [0.3, 0.4) is 0 Å². The summed E-state index contributed by atoms with van der Waals surface area (Å²) < 4.78 is 0. The van der Waals surface area contributed by atoms with Crippen molar-refractivity contribution in [2.45, 2.75) is 55.9 Å². The summed E-state index contributed by atoms with van der Waals surface area (Å²) >= 11 is 2.09. The van der Waals surface area contributed by atoms with Crippen LogP contribution >= 0.6 is 11.8 Å². The second-order valence-electron chi connectivity index (χ2n) is 5.35. The molecule has 2 aliphatic rings. The normalized spacial score (nSPS) is 32.1. The van der Waals surface area contributed by atoms with Gasteiger partial charge in [0.2, 0.25) is 0 Å². The number of likely N-dealkylation sites (tertiary alicyclic amines) is 1. The third kappa shape index (κ3) is 4.12. The van der Waals surface area contributed by atoms with Gasteiger partial charge < -0.3 is 10.2 Å². The largest absolute Gasteiger partial charge is 0.395 e. The molecular formula is C13H25NO2S. The van der Waals surface area contributed by atoms with Crippen LogP contribution in [-0.4, -0.2) is 58.0 Å². The summed E-state index contributed by atoms with van der Waals surface area (Å²) in [6.45, 7) is 1.95. The first-order valence-electron chi connectivity index (χ1n) is 6.94. The van der Waals surface area contributed by atoms with E-state index in [0.717, 1.165) is 30.5 Å². The van der Waals surface area contributed by atoms with E-state index in [0.29, 0.717) is 0 Å². The van der Waals surface area contributed by atoms with Crippen molar-refractivity contribution in [3.8, 4) is 0 Å². The average molecular weight is 259 g/mol. The fourth-order valence-corrected chi connectivity index (χ4v) is 4.33. The van der Waals surface area contributed by atoms with Gasteiger partial charge in [-0.05, 0) is 19.3 Å². The average Bonchev–Trinajstić information content (AvgIpc) is 2.71. The monoisotopic (exact) mass is 259 g/mol. The van der Waals surface area contributed by atoms with Crippen molar-refractivity contribution in [2.75, 3.05) is 25.4 Å². The zero-order valence-corrected chi connectivity index (χ0v) is 11.4. The van der Waals surface area contributed by atoms with Crippen molar-refractivity contribution >= 4 is 11.8 Å². The molecule has 4 heteroatoms. The lowest BCUT2D eigenvalue weighted by Gasteiger charge is -2.25. The summed E-state index contributed by atoms with van der Waals surface area (Å²) in [5.41, 5.74) is 0. The molecule has 0 radical (unpaired) electrons. The molecule has 1 heterocycles. The van der Waals surface area contributed by atoms with Crippen LogP contribution in [0.2, 0.25) is 0 Å². The number of β-amino-alcohol motifs (C(OH)–C–C–N with tert-alkyl or cyclic N) is 1. The fraction of sp³-hybridized carbons (Fsp3) is 1.00. The predicted molar refractivity (Wildman–Crippen MR) is 72.4 cm³/mol. The summed E-state index contributed by atoms with van der Waals surface area (Å²) in [4.78, 5) is 2.25. The number of hydrogen-bond donors (Lipinski definition) is 2. The third-order valence-electron chi connectivity index (χ3n) is 4.00. The molecule has 17 heavy (non-hydrogen) atoms. The van der Waals surface area contributed by atoms with E-state index in [4.69, 9.17) is 0 Å². The summed E-state index contributed by atoms with van der Waals surface area (Å²) in [6.07, 6.45) is 7.51. The molecule has 1 aliphatic heterocycles. The van der Waals surface area contributed by atoms with Crippen LogP contribution in [0.25, 0.3) is 0 Å². The molecule has 0 aromatic rings. The Morgan fingerprint density at radius 2 is 1.94 bits per heavy atom. The molecule has 0 amide bonds. The van der Waals surface area contributed by atoms with Gasteiger partial charge in [0, 0.05) is 30.1 Å². The van der Waals surface area contributed by atoms with E-state index in [1.54, 1.807) is 0 Å². The van der Waals surface area contributed by atoms with Crippen LogP contribution < -0.4 is 0 Å². The number of aliphatic hydroxyl groups is 2. The van der Waals surface area contributed by atoms with Crippen LogP contribution in [0.5, 0.6) is 0 Å². The van der Waals surface area contributed by atoms with E-state index in [1.165, 1.54) is 32.1 Å². The van der Waals surface area contributed by atoms with Crippen molar-refractivity contribution < 1.29 is 10.2 Å². The first-order chi connectivity index (χ1) is 8.29. The van der Waals surface area contributed by atoms with Gasteiger partial charge in [0.1, 0.15) is 0 Å². The maximum atomic E-state index is 9.59. The Balaban J connectivity index is 1.63. The van der Waals surface area contributed by atoms with E-state index < -0.39 is 0 Å². The maximum absolute atomic E-state index is 9.59. The van der Waals surface area contributed by atoms with Gasteiger partial charge in [0.05, 0.1) is 12.7 Å². The van der Waals surface area contributed by atoms with Gasteiger partial charge in [-0.2, -0.15) is 11.8 Å². The van der Waals surface area contributed by atoms with Gasteiger partial charge in [-0.1, -0.05) is 19.3 Å². The zero-order chi connectivity index (χ0) is 12.1. The molecule has 2 atom stereocenters. The smallest absolute Gasteiger partial charge is 0.0683 e. The number of thioether (sulfide) groups is 1. The molecule has 0 aromatic carbocycles. The van der Waals surface area contributed by atoms with Crippen LogP contribution in [0.4, 0.5) is 0 Å². The predicted octanol–water partition coefficient (Wildman–Crippen LogP) is 1.48. The number of nitrogens with zero attached hydrogens (tertiary/aromatic N) is 1. The molecule has 2 fully saturated rings. The summed E-state index contributed by atoms with van der Waals surface area (Å²) in [6, 6.07) is 0.192.